The number of nitrogens with one attached hydrogen (secondary N) is 1. The Morgan fingerprint density at radius 3 is 2.50 bits per heavy atom. The Morgan fingerprint density at radius 1 is 1.11 bits per heavy atom. The fraction of sp³-hybridized carbons (Fsp3) is 0.667. The molecular formula is C21H30N2O4S. The van der Waals surface area contributed by atoms with Crippen LogP contribution < -0.4 is 5.32 Å². The van der Waals surface area contributed by atoms with Gasteiger partial charge in [-0.05, 0) is 51.0 Å². The molecule has 2 amide bonds. The number of esters is 1. The number of aryl methyl sites for hydroxylation is 1. The summed E-state index contributed by atoms with van der Waals surface area (Å²) in [6.45, 7) is 3.79. The van der Waals surface area contributed by atoms with E-state index >= 15 is 0 Å². The molecular weight excluding hydrogens is 376 g/mol. The molecule has 154 valence electrons. The van der Waals surface area contributed by atoms with Gasteiger partial charge in [0.05, 0.1) is 5.56 Å². The minimum atomic E-state index is -0.504. The Hall–Kier alpha value is -1.89. The van der Waals surface area contributed by atoms with Crippen LogP contribution in [0.3, 0.4) is 0 Å². The highest BCUT2D eigenvalue weighted by molar-refractivity contribution is 7.17. The van der Waals surface area contributed by atoms with E-state index in [9.17, 15) is 14.4 Å². The first-order valence-electron chi connectivity index (χ1n) is 10.4. The zero-order chi connectivity index (χ0) is 20.1. The fourth-order valence-corrected chi connectivity index (χ4v) is 5.67. The molecule has 0 aliphatic heterocycles. The molecule has 1 aromatic rings. The molecule has 2 aliphatic rings. The standard InChI is InChI=1S/C21H30N2O4S/c1-3-23(15-9-5-4-6-10-15)18(25)13-27-21(26)19-16-11-7-8-12-17(16)28-20(19)22-14(2)24/h15H,3-13H2,1-2H3,(H,22,24). The number of rotatable bonds is 6. The molecule has 3 rings (SSSR count). The minimum Gasteiger partial charge on any atom is -0.452 e. The highest BCUT2D eigenvalue weighted by Gasteiger charge is 2.29. The van der Waals surface area contributed by atoms with Crippen LogP contribution >= 0.6 is 11.3 Å². The molecule has 28 heavy (non-hydrogen) atoms. The second-order valence-corrected chi connectivity index (χ2v) is 8.75. The summed E-state index contributed by atoms with van der Waals surface area (Å²) < 4.78 is 5.44. The summed E-state index contributed by atoms with van der Waals surface area (Å²) in [6.07, 6.45) is 9.42. The lowest BCUT2D eigenvalue weighted by atomic mass is 9.94. The summed E-state index contributed by atoms with van der Waals surface area (Å²) in [7, 11) is 0. The maximum atomic E-state index is 12.8. The molecule has 1 fully saturated rings. The van der Waals surface area contributed by atoms with E-state index in [1.54, 1.807) is 0 Å². The maximum Gasteiger partial charge on any atom is 0.341 e. The number of hydrogen-bond acceptors (Lipinski definition) is 5. The van der Waals surface area contributed by atoms with Gasteiger partial charge in [0.1, 0.15) is 5.00 Å². The van der Waals surface area contributed by atoms with Gasteiger partial charge >= 0.3 is 5.97 Å². The summed E-state index contributed by atoms with van der Waals surface area (Å²) in [5.41, 5.74) is 1.43. The van der Waals surface area contributed by atoms with Crippen LogP contribution in [-0.4, -0.2) is 41.9 Å². The van der Waals surface area contributed by atoms with Crippen molar-refractivity contribution in [2.75, 3.05) is 18.5 Å². The molecule has 0 spiro atoms. The molecule has 0 bridgehead atoms. The molecule has 1 heterocycles. The molecule has 0 aromatic carbocycles. The Bertz CT molecular complexity index is 737. The van der Waals surface area contributed by atoms with Gasteiger partial charge in [-0.25, -0.2) is 4.79 Å². The predicted molar refractivity (Wildman–Crippen MR) is 110 cm³/mol. The highest BCUT2D eigenvalue weighted by Crippen LogP contribution is 2.38. The van der Waals surface area contributed by atoms with E-state index in [-0.39, 0.29) is 24.5 Å². The van der Waals surface area contributed by atoms with Crippen molar-refractivity contribution in [2.24, 2.45) is 0 Å². The Labute approximate surface area is 170 Å². The number of hydrogen-bond donors (Lipinski definition) is 1. The van der Waals surface area contributed by atoms with E-state index in [1.165, 1.54) is 24.7 Å². The lowest BCUT2D eigenvalue weighted by molar-refractivity contribution is -0.137. The van der Waals surface area contributed by atoms with Crippen molar-refractivity contribution in [1.29, 1.82) is 0 Å². The number of thiophene rings is 1. The van der Waals surface area contributed by atoms with Gasteiger partial charge in [0.15, 0.2) is 6.61 Å². The monoisotopic (exact) mass is 406 g/mol. The van der Waals surface area contributed by atoms with E-state index in [4.69, 9.17) is 4.74 Å². The van der Waals surface area contributed by atoms with Crippen LogP contribution in [0, 0.1) is 0 Å². The smallest absolute Gasteiger partial charge is 0.341 e. The van der Waals surface area contributed by atoms with E-state index < -0.39 is 5.97 Å². The van der Waals surface area contributed by atoms with Crippen LogP contribution in [0.2, 0.25) is 0 Å². The summed E-state index contributed by atoms with van der Waals surface area (Å²) in [5.74, 6) is -0.845. The number of amides is 2. The van der Waals surface area contributed by atoms with Crippen LogP contribution in [0.5, 0.6) is 0 Å². The van der Waals surface area contributed by atoms with Crippen molar-refractivity contribution in [1.82, 2.24) is 4.90 Å². The number of ether oxygens (including phenoxy) is 1. The predicted octanol–water partition coefficient (Wildman–Crippen LogP) is 3.92. The molecule has 7 heteroatoms. The molecule has 0 atom stereocenters. The van der Waals surface area contributed by atoms with Gasteiger partial charge in [0, 0.05) is 24.4 Å². The van der Waals surface area contributed by atoms with Gasteiger partial charge in [-0.2, -0.15) is 0 Å². The van der Waals surface area contributed by atoms with Crippen LogP contribution in [0.25, 0.3) is 0 Å². The van der Waals surface area contributed by atoms with Crippen molar-refractivity contribution < 1.29 is 19.1 Å². The summed E-state index contributed by atoms with van der Waals surface area (Å²) in [4.78, 5) is 40.1. The van der Waals surface area contributed by atoms with Crippen LogP contribution in [0.4, 0.5) is 5.00 Å². The fourth-order valence-electron chi connectivity index (χ4n) is 4.34. The molecule has 1 aromatic heterocycles. The van der Waals surface area contributed by atoms with Gasteiger partial charge < -0.3 is 15.0 Å². The lowest BCUT2D eigenvalue weighted by Gasteiger charge is -2.33. The number of carbonyl (C=O) groups excluding carboxylic acids is 3. The maximum absolute atomic E-state index is 12.8. The third kappa shape index (κ3) is 4.74. The molecule has 2 aliphatic carbocycles. The zero-order valence-corrected chi connectivity index (χ0v) is 17.7. The largest absolute Gasteiger partial charge is 0.452 e. The van der Waals surface area contributed by atoms with Crippen molar-refractivity contribution >= 4 is 34.1 Å². The molecule has 0 unspecified atom stereocenters. The minimum absolute atomic E-state index is 0.132. The number of fused-ring (bicyclic) bond motifs is 1. The average Bonchev–Trinajstić information content (AvgIpc) is 3.04. The number of likely N-dealkylation sites (N-methyl/N-ethyl adjacent to an activating group) is 1. The summed E-state index contributed by atoms with van der Waals surface area (Å²) in [5, 5.41) is 3.32. The third-order valence-corrected chi connectivity index (χ3v) is 6.88. The Balaban J connectivity index is 1.69. The van der Waals surface area contributed by atoms with Crippen LogP contribution in [0.15, 0.2) is 0 Å². The van der Waals surface area contributed by atoms with Crippen molar-refractivity contribution in [3.8, 4) is 0 Å². The second-order valence-electron chi connectivity index (χ2n) is 7.64. The molecule has 1 N–H and O–H groups in total. The Morgan fingerprint density at radius 2 is 1.82 bits per heavy atom. The van der Waals surface area contributed by atoms with Gasteiger partial charge in [-0.3, -0.25) is 9.59 Å². The number of nitrogens with zero attached hydrogens (tertiary/aromatic N) is 1. The molecule has 0 saturated heterocycles. The molecule has 6 nitrogen and oxygen atoms in total. The first-order chi connectivity index (χ1) is 13.5. The van der Waals surface area contributed by atoms with Gasteiger partial charge in [-0.15, -0.1) is 11.3 Å². The van der Waals surface area contributed by atoms with E-state index in [2.05, 4.69) is 5.32 Å². The van der Waals surface area contributed by atoms with E-state index in [0.717, 1.165) is 61.8 Å². The van der Waals surface area contributed by atoms with Gasteiger partial charge in [-0.1, -0.05) is 19.3 Å². The highest BCUT2D eigenvalue weighted by atomic mass is 32.1. The van der Waals surface area contributed by atoms with Gasteiger partial charge in [0.25, 0.3) is 5.91 Å². The third-order valence-electron chi connectivity index (χ3n) is 5.67. The zero-order valence-electron chi connectivity index (χ0n) is 16.8. The van der Waals surface area contributed by atoms with Crippen molar-refractivity contribution in [3.63, 3.8) is 0 Å². The molecule has 1 saturated carbocycles. The number of anilines is 1. The summed E-state index contributed by atoms with van der Waals surface area (Å²) in [6, 6.07) is 0.258. The quantitative estimate of drug-likeness (QED) is 0.727. The van der Waals surface area contributed by atoms with Gasteiger partial charge in [0.2, 0.25) is 5.91 Å². The van der Waals surface area contributed by atoms with Crippen molar-refractivity contribution in [2.45, 2.75) is 77.7 Å². The average molecular weight is 407 g/mol. The van der Waals surface area contributed by atoms with Crippen LogP contribution in [0.1, 0.15) is 79.6 Å². The SMILES string of the molecule is CCN(C(=O)COC(=O)c1c(NC(C)=O)sc2c1CCCC2)C1CCCCC1. The van der Waals surface area contributed by atoms with E-state index in [1.807, 2.05) is 11.8 Å². The first kappa shape index (κ1) is 20.8. The van der Waals surface area contributed by atoms with Crippen molar-refractivity contribution in [3.05, 3.63) is 16.0 Å². The lowest BCUT2D eigenvalue weighted by Crippen LogP contribution is -2.43. The molecule has 0 radical (unpaired) electrons. The number of carbonyl (C=O) groups is 3. The van der Waals surface area contributed by atoms with Crippen LogP contribution in [-0.2, 0) is 27.2 Å². The topological polar surface area (TPSA) is 75.7 Å². The second kappa shape index (κ2) is 9.54. The Kier molecular flexibility index (Phi) is 7.10. The first-order valence-corrected chi connectivity index (χ1v) is 11.2. The van der Waals surface area contributed by atoms with E-state index in [0.29, 0.717) is 17.1 Å². The normalized spacial score (nSPS) is 16.9. The summed E-state index contributed by atoms with van der Waals surface area (Å²) >= 11 is 1.46.